The molecular formula is C26H34F2N2O. The van der Waals surface area contributed by atoms with Crippen LogP contribution in [0.25, 0.3) is 0 Å². The van der Waals surface area contributed by atoms with Crippen LogP contribution in [0.5, 0.6) is 0 Å². The molecule has 1 aromatic carbocycles. The SMILES string of the molecule is NC1CCC(/C=N/C(=O)C23CC4CC(c5ccccc5)(CC2C4CCC(F)F)C3)CC1. The molecule has 4 bridgehead atoms. The summed E-state index contributed by atoms with van der Waals surface area (Å²) in [4.78, 5) is 18.2. The highest BCUT2D eigenvalue weighted by Gasteiger charge is 2.70. The Bertz CT molecular complexity index is 835. The first-order valence-electron chi connectivity index (χ1n) is 12.1. The molecule has 5 atom stereocenters. The lowest BCUT2D eigenvalue weighted by atomic mass is 9.61. The summed E-state index contributed by atoms with van der Waals surface area (Å²) in [6.45, 7) is 0. The molecule has 0 radical (unpaired) electrons. The van der Waals surface area contributed by atoms with Crippen molar-refractivity contribution in [3.63, 3.8) is 0 Å². The van der Waals surface area contributed by atoms with Gasteiger partial charge in [0.2, 0.25) is 6.43 Å². The first-order chi connectivity index (χ1) is 14.9. The summed E-state index contributed by atoms with van der Waals surface area (Å²) in [5.74, 6) is 1.15. The zero-order chi connectivity index (χ0) is 21.6. The Labute approximate surface area is 183 Å². The summed E-state index contributed by atoms with van der Waals surface area (Å²) in [7, 11) is 0. The van der Waals surface area contributed by atoms with E-state index in [1.807, 2.05) is 12.3 Å². The van der Waals surface area contributed by atoms with E-state index in [1.54, 1.807) is 0 Å². The Morgan fingerprint density at radius 1 is 1.13 bits per heavy atom. The van der Waals surface area contributed by atoms with Crippen LogP contribution in [0.15, 0.2) is 35.3 Å². The maximum absolute atomic E-state index is 13.6. The molecule has 0 saturated heterocycles. The van der Waals surface area contributed by atoms with Gasteiger partial charge in [0.25, 0.3) is 5.91 Å². The fourth-order valence-electron chi connectivity index (χ4n) is 7.84. The van der Waals surface area contributed by atoms with Crippen molar-refractivity contribution in [2.75, 3.05) is 0 Å². The fourth-order valence-corrected chi connectivity index (χ4v) is 7.84. The van der Waals surface area contributed by atoms with Crippen molar-refractivity contribution in [3.8, 4) is 0 Å². The molecular weight excluding hydrogens is 394 g/mol. The van der Waals surface area contributed by atoms with E-state index in [2.05, 4.69) is 29.3 Å². The molecule has 1 amide bonds. The van der Waals surface area contributed by atoms with E-state index in [0.29, 0.717) is 18.3 Å². The van der Waals surface area contributed by atoms with E-state index in [-0.39, 0.29) is 35.6 Å². The van der Waals surface area contributed by atoms with Gasteiger partial charge in [0.15, 0.2) is 0 Å². The standard InChI is InChI=1S/C26H34F2N2O/c27-23(28)11-10-21-18-12-25(19-4-2-1-3-5-19)14-22(21)26(13-18,16-25)24(31)30-15-17-6-8-20(29)9-7-17/h1-5,15,17-18,20-23H,6-14,16,29H2/b30-15+. The number of halogens is 2. The second-order valence-electron chi connectivity index (χ2n) is 10.8. The highest BCUT2D eigenvalue weighted by atomic mass is 19.3. The zero-order valence-electron chi connectivity index (χ0n) is 18.2. The number of benzene rings is 1. The van der Waals surface area contributed by atoms with Gasteiger partial charge in [0, 0.05) is 18.7 Å². The monoisotopic (exact) mass is 428 g/mol. The molecule has 0 aromatic heterocycles. The molecule has 31 heavy (non-hydrogen) atoms. The predicted octanol–water partition coefficient (Wildman–Crippen LogP) is 5.52. The number of hydrogen-bond acceptors (Lipinski definition) is 2. The molecule has 0 spiro atoms. The van der Waals surface area contributed by atoms with Crippen LogP contribution in [0.1, 0.15) is 69.8 Å². The van der Waals surface area contributed by atoms with Gasteiger partial charge in [-0.15, -0.1) is 0 Å². The maximum atomic E-state index is 13.6. The third-order valence-electron chi connectivity index (χ3n) is 9.13. The van der Waals surface area contributed by atoms with Crippen molar-refractivity contribution >= 4 is 12.1 Å². The number of carbonyl (C=O) groups excluding carboxylic acids is 1. The number of nitrogens with two attached hydrogens (primary N) is 1. The molecule has 1 aromatic rings. The van der Waals surface area contributed by atoms with Crippen molar-refractivity contribution in [1.82, 2.24) is 0 Å². The predicted molar refractivity (Wildman–Crippen MR) is 118 cm³/mol. The molecule has 5 heteroatoms. The van der Waals surface area contributed by atoms with Crippen LogP contribution < -0.4 is 5.73 Å². The molecule has 5 unspecified atom stereocenters. The summed E-state index contributed by atoms with van der Waals surface area (Å²) < 4.78 is 26.0. The summed E-state index contributed by atoms with van der Waals surface area (Å²) in [5, 5.41) is 0. The van der Waals surface area contributed by atoms with Crippen LogP contribution in [-0.2, 0) is 10.2 Å². The van der Waals surface area contributed by atoms with E-state index in [9.17, 15) is 13.6 Å². The number of aliphatic imine (C=N–C) groups is 1. The number of rotatable bonds is 6. The second kappa shape index (κ2) is 8.06. The van der Waals surface area contributed by atoms with Crippen molar-refractivity contribution in [2.24, 2.45) is 39.8 Å². The van der Waals surface area contributed by atoms with E-state index >= 15 is 0 Å². The molecule has 168 valence electrons. The average Bonchev–Trinajstić information content (AvgIpc) is 3.14. The van der Waals surface area contributed by atoms with Crippen molar-refractivity contribution < 1.29 is 13.6 Å². The summed E-state index contributed by atoms with van der Waals surface area (Å²) in [5.41, 5.74) is 6.89. The van der Waals surface area contributed by atoms with Crippen LogP contribution in [0.2, 0.25) is 0 Å². The number of alkyl halides is 2. The lowest BCUT2D eigenvalue weighted by Crippen LogP contribution is -2.37. The van der Waals surface area contributed by atoms with Gasteiger partial charge in [0.05, 0.1) is 5.41 Å². The summed E-state index contributed by atoms with van der Waals surface area (Å²) >= 11 is 0. The van der Waals surface area contributed by atoms with Gasteiger partial charge in [-0.2, -0.15) is 0 Å². The normalized spacial score (nSPS) is 41.5. The van der Waals surface area contributed by atoms with Crippen LogP contribution in [-0.4, -0.2) is 24.6 Å². The number of nitrogens with zero attached hydrogens (tertiary/aromatic N) is 1. The van der Waals surface area contributed by atoms with Crippen molar-refractivity contribution in [2.45, 2.75) is 82.1 Å². The Morgan fingerprint density at radius 3 is 2.58 bits per heavy atom. The molecule has 0 heterocycles. The molecule has 6 rings (SSSR count). The minimum atomic E-state index is -2.26. The minimum absolute atomic E-state index is 0.0129. The number of amides is 1. The number of hydrogen-bond donors (Lipinski definition) is 1. The van der Waals surface area contributed by atoms with Crippen LogP contribution in [0.3, 0.4) is 0 Å². The fraction of sp³-hybridized carbons (Fsp3) is 0.692. The van der Waals surface area contributed by atoms with Gasteiger partial charge < -0.3 is 5.73 Å². The Kier molecular flexibility index (Phi) is 5.52. The largest absolute Gasteiger partial charge is 0.328 e. The lowest BCUT2D eigenvalue weighted by molar-refractivity contribution is -0.129. The highest BCUT2D eigenvalue weighted by Crippen LogP contribution is 2.73. The van der Waals surface area contributed by atoms with E-state index in [4.69, 9.17) is 5.73 Å². The summed E-state index contributed by atoms with van der Waals surface area (Å²) in [6.07, 6.45) is 7.76. The first kappa shape index (κ1) is 21.2. The van der Waals surface area contributed by atoms with Gasteiger partial charge in [-0.05, 0) is 92.4 Å². The van der Waals surface area contributed by atoms with E-state index in [0.717, 1.165) is 51.4 Å². The minimum Gasteiger partial charge on any atom is -0.328 e. The topological polar surface area (TPSA) is 55.4 Å². The second-order valence-corrected chi connectivity index (χ2v) is 10.8. The maximum Gasteiger partial charge on any atom is 0.251 e. The molecule has 3 nitrogen and oxygen atoms in total. The van der Waals surface area contributed by atoms with Crippen molar-refractivity contribution in [3.05, 3.63) is 35.9 Å². The Hall–Kier alpha value is -1.62. The van der Waals surface area contributed by atoms with Crippen molar-refractivity contribution in [1.29, 1.82) is 0 Å². The molecule has 5 aliphatic rings. The molecule has 5 fully saturated rings. The van der Waals surface area contributed by atoms with Gasteiger partial charge in [0.1, 0.15) is 0 Å². The third kappa shape index (κ3) is 3.67. The van der Waals surface area contributed by atoms with E-state index < -0.39 is 11.8 Å². The number of carbonyl (C=O) groups is 1. The quantitative estimate of drug-likeness (QED) is 0.607. The molecule has 5 aliphatic carbocycles. The summed E-state index contributed by atoms with van der Waals surface area (Å²) in [6, 6.07) is 10.8. The van der Waals surface area contributed by atoms with Gasteiger partial charge in [-0.3, -0.25) is 4.79 Å². The first-order valence-corrected chi connectivity index (χ1v) is 12.1. The Morgan fingerprint density at radius 2 is 1.87 bits per heavy atom. The third-order valence-corrected chi connectivity index (χ3v) is 9.13. The van der Waals surface area contributed by atoms with Crippen LogP contribution in [0, 0.1) is 29.1 Å². The lowest BCUT2D eigenvalue weighted by Gasteiger charge is -2.43. The van der Waals surface area contributed by atoms with E-state index in [1.165, 1.54) is 5.56 Å². The Balaban J connectivity index is 1.40. The van der Waals surface area contributed by atoms with Crippen LogP contribution >= 0.6 is 0 Å². The van der Waals surface area contributed by atoms with Crippen LogP contribution in [0.4, 0.5) is 8.78 Å². The molecule has 2 N–H and O–H groups in total. The molecule has 5 saturated carbocycles. The van der Waals surface area contributed by atoms with Gasteiger partial charge in [-0.1, -0.05) is 30.3 Å². The van der Waals surface area contributed by atoms with Gasteiger partial charge >= 0.3 is 0 Å². The smallest absolute Gasteiger partial charge is 0.251 e. The average molecular weight is 429 g/mol. The highest BCUT2D eigenvalue weighted by molar-refractivity contribution is 5.91. The van der Waals surface area contributed by atoms with Gasteiger partial charge in [-0.25, -0.2) is 13.8 Å². The molecule has 0 aliphatic heterocycles. The zero-order valence-corrected chi connectivity index (χ0v) is 18.2.